The number of ether oxygens (including phenoxy) is 1. The molecule has 0 bridgehead atoms. The molecule has 1 aliphatic rings. The second-order valence-electron chi connectivity index (χ2n) is 6.72. The van der Waals surface area contributed by atoms with Crippen molar-refractivity contribution < 1.29 is 4.74 Å². The van der Waals surface area contributed by atoms with Gasteiger partial charge in [-0.2, -0.15) is 0 Å². The molecule has 2 aromatic carbocycles. The van der Waals surface area contributed by atoms with E-state index in [0.717, 1.165) is 43.1 Å². The van der Waals surface area contributed by atoms with Crippen molar-refractivity contribution in [1.82, 2.24) is 14.8 Å². The van der Waals surface area contributed by atoms with Crippen molar-refractivity contribution in [3.05, 3.63) is 65.7 Å². The van der Waals surface area contributed by atoms with E-state index in [1.165, 1.54) is 11.1 Å². The van der Waals surface area contributed by atoms with Crippen LogP contribution in [0.3, 0.4) is 0 Å². The number of rotatable bonds is 5. The first-order chi connectivity index (χ1) is 13.2. The Labute approximate surface area is 164 Å². The Morgan fingerprint density at radius 3 is 2.37 bits per heavy atom. The summed E-state index contributed by atoms with van der Waals surface area (Å²) in [7, 11) is 0. The van der Waals surface area contributed by atoms with E-state index in [-0.39, 0.29) is 5.25 Å². The van der Waals surface area contributed by atoms with Crippen molar-refractivity contribution in [1.29, 1.82) is 0 Å². The molecule has 0 amide bonds. The normalized spacial score (nSPS) is 15.7. The molecule has 2 heterocycles. The smallest absolute Gasteiger partial charge is 0.232 e. The van der Waals surface area contributed by atoms with Crippen LogP contribution in [0.25, 0.3) is 5.69 Å². The molecule has 1 fully saturated rings. The summed E-state index contributed by atoms with van der Waals surface area (Å²) >= 11 is 1.74. The summed E-state index contributed by atoms with van der Waals surface area (Å²) in [6, 6.07) is 19.1. The van der Waals surface area contributed by atoms with Crippen LogP contribution in [-0.2, 0) is 4.74 Å². The van der Waals surface area contributed by atoms with Gasteiger partial charge in [-0.1, -0.05) is 59.8 Å². The Balaban J connectivity index is 1.70. The summed E-state index contributed by atoms with van der Waals surface area (Å²) in [6.07, 6.45) is 0. The number of thioether (sulfide) groups is 1. The molecular weight excluding hydrogens is 356 g/mol. The average Bonchev–Trinajstić information content (AvgIpc) is 3.13. The first kappa shape index (κ1) is 18.1. The fourth-order valence-electron chi connectivity index (χ4n) is 3.18. The van der Waals surface area contributed by atoms with Gasteiger partial charge in [0.05, 0.1) is 18.9 Å². The third-order valence-electron chi connectivity index (χ3n) is 4.75. The van der Waals surface area contributed by atoms with Crippen LogP contribution < -0.4 is 4.90 Å². The number of aryl methyl sites for hydroxylation is 1. The van der Waals surface area contributed by atoms with E-state index in [1.54, 1.807) is 11.8 Å². The van der Waals surface area contributed by atoms with Crippen LogP contribution in [0.4, 0.5) is 5.95 Å². The van der Waals surface area contributed by atoms with Crippen LogP contribution in [0.2, 0.25) is 0 Å². The van der Waals surface area contributed by atoms with Gasteiger partial charge in [-0.3, -0.25) is 4.57 Å². The minimum absolute atomic E-state index is 0.289. The molecule has 4 rings (SSSR count). The summed E-state index contributed by atoms with van der Waals surface area (Å²) in [4.78, 5) is 2.26. The number of morpholine rings is 1. The predicted octanol–water partition coefficient (Wildman–Crippen LogP) is 4.27. The minimum Gasteiger partial charge on any atom is -0.378 e. The molecule has 0 saturated carbocycles. The SMILES string of the molecule is Cc1ccc(-n2c(SC(C)c3ccccc3)nnc2N2CCOCC2)cc1. The van der Waals surface area contributed by atoms with Crippen molar-refractivity contribution in [2.45, 2.75) is 24.3 Å². The van der Waals surface area contributed by atoms with Crippen molar-refractivity contribution in [3.8, 4) is 5.69 Å². The highest BCUT2D eigenvalue weighted by molar-refractivity contribution is 7.99. The maximum absolute atomic E-state index is 5.51. The molecule has 0 radical (unpaired) electrons. The summed E-state index contributed by atoms with van der Waals surface area (Å²) in [5.74, 6) is 0.893. The number of nitrogens with zero attached hydrogens (tertiary/aromatic N) is 4. The Morgan fingerprint density at radius 2 is 1.67 bits per heavy atom. The molecule has 140 valence electrons. The second-order valence-corrected chi connectivity index (χ2v) is 8.03. The summed E-state index contributed by atoms with van der Waals surface area (Å²) in [5.41, 5.74) is 3.62. The van der Waals surface area contributed by atoms with Gasteiger partial charge in [-0.25, -0.2) is 0 Å². The lowest BCUT2D eigenvalue weighted by atomic mass is 10.2. The standard InChI is InChI=1S/C21H24N4OS/c1-16-8-10-19(11-9-16)25-20(24-12-14-26-15-13-24)22-23-21(25)27-17(2)18-6-4-3-5-7-18/h3-11,17H,12-15H2,1-2H3. The van der Waals surface area contributed by atoms with Gasteiger partial charge in [0, 0.05) is 18.3 Å². The number of hydrogen-bond donors (Lipinski definition) is 0. The lowest BCUT2D eigenvalue weighted by molar-refractivity contribution is 0.122. The Kier molecular flexibility index (Phi) is 5.45. The molecule has 3 aromatic rings. The molecule has 0 spiro atoms. The zero-order valence-corrected chi connectivity index (χ0v) is 16.5. The minimum atomic E-state index is 0.289. The molecule has 0 N–H and O–H groups in total. The maximum atomic E-state index is 5.51. The van der Waals surface area contributed by atoms with Gasteiger partial charge in [0.2, 0.25) is 5.95 Å². The largest absolute Gasteiger partial charge is 0.378 e. The third-order valence-corrected chi connectivity index (χ3v) is 5.85. The van der Waals surface area contributed by atoms with Crippen LogP contribution in [-0.4, -0.2) is 41.1 Å². The number of hydrogen-bond acceptors (Lipinski definition) is 5. The number of benzene rings is 2. The first-order valence-electron chi connectivity index (χ1n) is 9.29. The van der Waals surface area contributed by atoms with Gasteiger partial charge in [0.15, 0.2) is 5.16 Å². The van der Waals surface area contributed by atoms with Crippen molar-refractivity contribution in [2.24, 2.45) is 0 Å². The van der Waals surface area contributed by atoms with Crippen LogP contribution in [0.5, 0.6) is 0 Å². The molecule has 5 nitrogen and oxygen atoms in total. The first-order valence-corrected chi connectivity index (χ1v) is 10.2. The molecule has 1 atom stereocenters. The Hall–Kier alpha value is -2.31. The average molecular weight is 381 g/mol. The van der Waals surface area contributed by atoms with E-state index in [0.29, 0.717) is 0 Å². The lowest BCUT2D eigenvalue weighted by Gasteiger charge is -2.28. The number of anilines is 1. The molecule has 0 aliphatic carbocycles. The summed E-state index contributed by atoms with van der Waals surface area (Å²) in [6.45, 7) is 7.44. The van der Waals surface area contributed by atoms with Crippen molar-refractivity contribution >= 4 is 17.7 Å². The molecular formula is C21H24N4OS. The Bertz CT molecular complexity index is 873. The zero-order chi connectivity index (χ0) is 18.6. The molecule has 27 heavy (non-hydrogen) atoms. The van der Waals surface area contributed by atoms with E-state index in [2.05, 4.69) is 82.0 Å². The Morgan fingerprint density at radius 1 is 0.963 bits per heavy atom. The highest BCUT2D eigenvalue weighted by atomic mass is 32.2. The van der Waals surface area contributed by atoms with Gasteiger partial charge in [0.25, 0.3) is 0 Å². The van der Waals surface area contributed by atoms with Gasteiger partial charge < -0.3 is 9.64 Å². The van der Waals surface area contributed by atoms with Gasteiger partial charge in [0.1, 0.15) is 0 Å². The molecule has 1 unspecified atom stereocenters. The molecule has 6 heteroatoms. The fourth-order valence-corrected chi connectivity index (χ4v) is 4.17. The lowest BCUT2D eigenvalue weighted by Crippen LogP contribution is -2.37. The molecule has 1 aromatic heterocycles. The highest BCUT2D eigenvalue weighted by Gasteiger charge is 2.23. The summed E-state index contributed by atoms with van der Waals surface area (Å²) < 4.78 is 7.68. The van der Waals surface area contributed by atoms with E-state index >= 15 is 0 Å². The van der Waals surface area contributed by atoms with Crippen LogP contribution in [0, 0.1) is 6.92 Å². The topological polar surface area (TPSA) is 43.2 Å². The van der Waals surface area contributed by atoms with Crippen LogP contribution >= 0.6 is 11.8 Å². The highest BCUT2D eigenvalue weighted by Crippen LogP contribution is 2.36. The van der Waals surface area contributed by atoms with Crippen molar-refractivity contribution in [2.75, 3.05) is 31.2 Å². The second kappa shape index (κ2) is 8.15. The van der Waals surface area contributed by atoms with E-state index in [1.807, 2.05) is 6.07 Å². The van der Waals surface area contributed by atoms with Crippen LogP contribution in [0.1, 0.15) is 23.3 Å². The quantitative estimate of drug-likeness (QED) is 0.619. The van der Waals surface area contributed by atoms with Crippen LogP contribution in [0.15, 0.2) is 59.8 Å². The number of aromatic nitrogens is 3. The third kappa shape index (κ3) is 4.01. The van der Waals surface area contributed by atoms with Gasteiger partial charge >= 0.3 is 0 Å². The molecule has 1 saturated heterocycles. The van der Waals surface area contributed by atoms with E-state index in [9.17, 15) is 0 Å². The van der Waals surface area contributed by atoms with E-state index < -0.39 is 0 Å². The fraction of sp³-hybridized carbons (Fsp3) is 0.333. The maximum Gasteiger partial charge on any atom is 0.232 e. The molecule has 1 aliphatic heterocycles. The van der Waals surface area contributed by atoms with Gasteiger partial charge in [-0.05, 0) is 31.5 Å². The van der Waals surface area contributed by atoms with Crippen molar-refractivity contribution in [3.63, 3.8) is 0 Å². The predicted molar refractivity (Wildman–Crippen MR) is 110 cm³/mol. The summed E-state index contributed by atoms with van der Waals surface area (Å²) in [5, 5.41) is 10.3. The van der Waals surface area contributed by atoms with Gasteiger partial charge in [-0.15, -0.1) is 10.2 Å². The van der Waals surface area contributed by atoms with E-state index in [4.69, 9.17) is 4.74 Å². The monoisotopic (exact) mass is 380 g/mol. The zero-order valence-electron chi connectivity index (χ0n) is 15.7.